The van der Waals surface area contributed by atoms with Crippen LogP contribution < -0.4 is 0 Å². The van der Waals surface area contributed by atoms with Crippen LogP contribution in [0.1, 0.15) is 31.2 Å². The zero-order valence-electron chi connectivity index (χ0n) is 16.9. The van der Waals surface area contributed by atoms with Crippen LogP contribution in [0.2, 0.25) is 0 Å². The molecule has 0 saturated carbocycles. The molecule has 1 aromatic carbocycles. The van der Waals surface area contributed by atoms with Crippen molar-refractivity contribution in [2.45, 2.75) is 38.1 Å². The summed E-state index contributed by atoms with van der Waals surface area (Å²) in [6.07, 6.45) is 4.40. The van der Waals surface area contributed by atoms with Gasteiger partial charge in [-0.25, -0.2) is 0 Å². The van der Waals surface area contributed by atoms with Gasteiger partial charge in [-0.05, 0) is 50.8 Å². The number of carbonyl (C=O) groups is 1. The van der Waals surface area contributed by atoms with E-state index in [1.807, 2.05) is 11.0 Å². The number of aliphatic hydroxyl groups excluding tert-OH is 1. The minimum atomic E-state index is -0.0333. The maximum Gasteiger partial charge on any atom is 0.224 e. The molecule has 5 heteroatoms. The van der Waals surface area contributed by atoms with E-state index in [9.17, 15) is 9.90 Å². The number of aryl methyl sites for hydroxylation is 1. The molecule has 1 aromatic rings. The summed E-state index contributed by atoms with van der Waals surface area (Å²) >= 11 is 0. The van der Waals surface area contributed by atoms with Gasteiger partial charge in [-0.2, -0.15) is 0 Å². The molecule has 2 aliphatic rings. The van der Waals surface area contributed by atoms with Crippen molar-refractivity contribution in [2.24, 2.45) is 5.41 Å². The molecule has 1 amide bonds. The van der Waals surface area contributed by atoms with Crippen molar-refractivity contribution in [1.82, 2.24) is 14.7 Å². The van der Waals surface area contributed by atoms with Gasteiger partial charge in [0.25, 0.3) is 0 Å². The average Bonchev–Trinajstić information content (AvgIpc) is 2.70. The van der Waals surface area contributed by atoms with Crippen molar-refractivity contribution in [3.63, 3.8) is 0 Å². The standard InChI is InChI=1S/C22H35N3O2/c1-23-14-15-24(2)20(17-23)16-21(27)25-12-10-22(18-26,11-13-25)9-8-19-6-4-3-5-7-19/h3-7,20,26H,8-18H2,1-2H3/t20-/m1/s1. The zero-order valence-corrected chi connectivity index (χ0v) is 16.9. The molecule has 1 atom stereocenters. The monoisotopic (exact) mass is 373 g/mol. The summed E-state index contributed by atoms with van der Waals surface area (Å²) in [6.45, 7) is 4.85. The maximum atomic E-state index is 12.8. The van der Waals surface area contributed by atoms with Gasteiger partial charge in [-0.15, -0.1) is 0 Å². The molecule has 5 nitrogen and oxygen atoms in total. The Balaban J connectivity index is 1.49. The summed E-state index contributed by atoms with van der Waals surface area (Å²) in [5, 5.41) is 10.1. The average molecular weight is 374 g/mol. The number of hydrogen-bond donors (Lipinski definition) is 1. The number of likely N-dealkylation sites (N-methyl/N-ethyl adjacent to an activating group) is 2. The molecule has 3 rings (SSSR count). The molecule has 0 aromatic heterocycles. The van der Waals surface area contributed by atoms with Gasteiger partial charge >= 0.3 is 0 Å². The molecular weight excluding hydrogens is 338 g/mol. The van der Waals surface area contributed by atoms with E-state index >= 15 is 0 Å². The van der Waals surface area contributed by atoms with Gasteiger partial charge in [0.1, 0.15) is 0 Å². The van der Waals surface area contributed by atoms with Crippen LogP contribution >= 0.6 is 0 Å². The number of aliphatic hydroxyl groups is 1. The molecule has 0 radical (unpaired) electrons. The van der Waals surface area contributed by atoms with E-state index in [1.54, 1.807) is 0 Å². The number of piperidine rings is 1. The number of piperazine rings is 1. The molecule has 27 heavy (non-hydrogen) atoms. The Labute approximate surface area is 163 Å². The Morgan fingerprint density at radius 2 is 1.81 bits per heavy atom. The zero-order chi connectivity index (χ0) is 19.3. The van der Waals surface area contributed by atoms with Gasteiger partial charge in [0.2, 0.25) is 5.91 Å². The number of amides is 1. The van der Waals surface area contributed by atoms with E-state index in [-0.39, 0.29) is 17.9 Å². The third-order valence-corrected chi connectivity index (χ3v) is 6.69. The molecular formula is C22H35N3O2. The number of rotatable bonds is 6. The number of hydrogen-bond acceptors (Lipinski definition) is 4. The van der Waals surface area contributed by atoms with Crippen molar-refractivity contribution >= 4 is 5.91 Å². The van der Waals surface area contributed by atoms with Crippen LogP contribution in [0.4, 0.5) is 0 Å². The van der Waals surface area contributed by atoms with Gasteiger partial charge in [0, 0.05) is 51.8 Å². The topological polar surface area (TPSA) is 47.0 Å². The van der Waals surface area contributed by atoms with Crippen molar-refractivity contribution < 1.29 is 9.90 Å². The van der Waals surface area contributed by atoms with Gasteiger partial charge in [-0.1, -0.05) is 30.3 Å². The normalized spacial score (nSPS) is 24.1. The van der Waals surface area contributed by atoms with Crippen LogP contribution in [0.15, 0.2) is 30.3 Å². The summed E-state index contributed by atoms with van der Waals surface area (Å²) in [7, 11) is 4.26. The minimum absolute atomic E-state index is 0.0333. The Bertz CT molecular complexity index is 599. The largest absolute Gasteiger partial charge is 0.396 e. The van der Waals surface area contributed by atoms with Crippen molar-refractivity contribution in [1.29, 1.82) is 0 Å². The number of likely N-dealkylation sites (tertiary alicyclic amines) is 1. The highest BCUT2D eigenvalue weighted by atomic mass is 16.3. The van der Waals surface area contributed by atoms with E-state index < -0.39 is 0 Å². The second-order valence-electron chi connectivity index (χ2n) is 8.63. The Morgan fingerprint density at radius 3 is 2.48 bits per heavy atom. The molecule has 2 saturated heterocycles. The quantitative estimate of drug-likeness (QED) is 0.827. The lowest BCUT2D eigenvalue weighted by Crippen LogP contribution is -2.52. The van der Waals surface area contributed by atoms with E-state index in [1.165, 1.54) is 5.56 Å². The highest BCUT2D eigenvalue weighted by molar-refractivity contribution is 5.77. The third-order valence-electron chi connectivity index (χ3n) is 6.69. The first-order valence-corrected chi connectivity index (χ1v) is 10.3. The Kier molecular flexibility index (Phi) is 6.90. The first-order valence-electron chi connectivity index (χ1n) is 10.3. The lowest BCUT2D eigenvalue weighted by molar-refractivity contribution is -0.136. The van der Waals surface area contributed by atoms with E-state index in [4.69, 9.17) is 0 Å². The summed E-state index contributed by atoms with van der Waals surface area (Å²) < 4.78 is 0. The molecule has 1 N–H and O–H groups in total. The predicted octanol–water partition coefficient (Wildman–Crippen LogP) is 1.86. The summed E-state index contributed by atoms with van der Waals surface area (Å²) in [4.78, 5) is 19.5. The highest BCUT2D eigenvalue weighted by Gasteiger charge is 2.36. The van der Waals surface area contributed by atoms with Crippen LogP contribution in [0.3, 0.4) is 0 Å². The fourth-order valence-electron chi connectivity index (χ4n) is 4.42. The number of nitrogens with zero attached hydrogens (tertiary/aromatic N) is 3. The van der Waals surface area contributed by atoms with Crippen LogP contribution in [-0.2, 0) is 11.2 Å². The lowest BCUT2D eigenvalue weighted by Gasteiger charge is -2.42. The summed E-state index contributed by atoms with van der Waals surface area (Å²) in [5.74, 6) is 0.275. The van der Waals surface area contributed by atoms with Gasteiger partial charge < -0.3 is 19.8 Å². The summed E-state index contributed by atoms with van der Waals surface area (Å²) in [5.41, 5.74) is 1.29. The minimum Gasteiger partial charge on any atom is -0.396 e. The van der Waals surface area contributed by atoms with Crippen molar-refractivity contribution in [3.05, 3.63) is 35.9 Å². The van der Waals surface area contributed by atoms with Crippen molar-refractivity contribution in [3.8, 4) is 0 Å². The van der Waals surface area contributed by atoms with Crippen molar-refractivity contribution in [2.75, 3.05) is 53.4 Å². The molecule has 0 spiro atoms. The van der Waals surface area contributed by atoms with E-state index in [2.05, 4.69) is 48.2 Å². The Hall–Kier alpha value is -1.43. The SMILES string of the molecule is CN1CCN(C)[C@H](CC(=O)N2CCC(CO)(CCc3ccccc3)CC2)C1. The summed E-state index contributed by atoms with van der Waals surface area (Å²) in [6, 6.07) is 10.8. The highest BCUT2D eigenvalue weighted by Crippen LogP contribution is 2.36. The van der Waals surface area contributed by atoms with Gasteiger partial charge in [0.15, 0.2) is 0 Å². The van der Waals surface area contributed by atoms with Gasteiger partial charge in [0.05, 0.1) is 0 Å². The Morgan fingerprint density at radius 1 is 1.11 bits per heavy atom. The lowest BCUT2D eigenvalue weighted by atomic mass is 9.74. The predicted molar refractivity (Wildman–Crippen MR) is 109 cm³/mol. The fraction of sp³-hybridized carbons (Fsp3) is 0.682. The second kappa shape index (κ2) is 9.18. The molecule has 2 fully saturated rings. The van der Waals surface area contributed by atoms with Crippen LogP contribution in [0.25, 0.3) is 0 Å². The van der Waals surface area contributed by atoms with Crippen LogP contribution in [-0.4, -0.2) is 85.2 Å². The molecule has 0 bridgehead atoms. The maximum absolute atomic E-state index is 12.8. The van der Waals surface area contributed by atoms with Gasteiger partial charge in [-0.3, -0.25) is 4.79 Å². The molecule has 0 unspecified atom stereocenters. The molecule has 2 aliphatic heterocycles. The molecule has 0 aliphatic carbocycles. The molecule has 2 heterocycles. The van der Waals surface area contributed by atoms with Crippen LogP contribution in [0, 0.1) is 5.41 Å². The number of benzene rings is 1. The second-order valence-corrected chi connectivity index (χ2v) is 8.63. The third kappa shape index (κ3) is 5.31. The molecule has 150 valence electrons. The fourth-order valence-corrected chi connectivity index (χ4v) is 4.42. The van der Waals surface area contributed by atoms with E-state index in [0.29, 0.717) is 12.5 Å². The van der Waals surface area contributed by atoms with Crippen LogP contribution in [0.5, 0.6) is 0 Å². The smallest absolute Gasteiger partial charge is 0.224 e. The van der Waals surface area contributed by atoms with E-state index in [0.717, 1.165) is 58.4 Å². The number of carbonyl (C=O) groups excluding carboxylic acids is 1. The first kappa shape index (κ1) is 20.3. The first-order chi connectivity index (χ1) is 13.0.